The van der Waals surface area contributed by atoms with Crippen LogP contribution in [0, 0.1) is 0 Å². The second-order valence-electron chi connectivity index (χ2n) is 9.04. The molecule has 1 atom stereocenters. The van der Waals surface area contributed by atoms with Crippen LogP contribution < -0.4 is 10.1 Å². The SMILES string of the molecule is COc1ccc(C(=O)Nc2nc3c(s2)CCCC3C(=O)N2CCN(Cc3ccccc3)CC2)cc1. The van der Waals surface area contributed by atoms with Gasteiger partial charge in [0.15, 0.2) is 5.13 Å². The standard InChI is InChI=1S/C27H30N4O3S/c1-34-21-12-10-20(11-13-21)25(32)29-27-28-24-22(8-5-9-23(24)35-27)26(33)31-16-14-30(15-17-31)18-19-6-3-2-4-7-19/h2-4,6-7,10-13,22H,5,8-9,14-18H2,1H3,(H,28,29,32). The lowest BCUT2D eigenvalue weighted by molar-refractivity contribution is -0.135. The second kappa shape index (κ2) is 10.6. The summed E-state index contributed by atoms with van der Waals surface area (Å²) >= 11 is 1.49. The Morgan fingerprint density at radius 3 is 2.51 bits per heavy atom. The van der Waals surface area contributed by atoms with Crippen molar-refractivity contribution in [1.29, 1.82) is 0 Å². The zero-order valence-electron chi connectivity index (χ0n) is 19.9. The van der Waals surface area contributed by atoms with Crippen LogP contribution in [0.15, 0.2) is 54.6 Å². The number of ether oxygens (including phenoxy) is 1. The fourth-order valence-electron chi connectivity index (χ4n) is 4.81. The molecule has 35 heavy (non-hydrogen) atoms. The summed E-state index contributed by atoms with van der Waals surface area (Å²) in [6, 6.07) is 17.4. The Hall–Kier alpha value is -3.23. The van der Waals surface area contributed by atoms with Crippen LogP contribution in [0.1, 0.15) is 45.3 Å². The van der Waals surface area contributed by atoms with E-state index in [0.29, 0.717) is 16.4 Å². The van der Waals surface area contributed by atoms with Crippen molar-refractivity contribution in [1.82, 2.24) is 14.8 Å². The molecule has 1 N–H and O–H groups in total. The molecule has 5 rings (SSSR count). The maximum atomic E-state index is 13.5. The van der Waals surface area contributed by atoms with Gasteiger partial charge in [-0.25, -0.2) is 4.98 Å². The lowest BCUT2D eigenvalue weighted by Crippen LogP contribution is -2.49. The summed E-state index contributed by atoms with van der Waals surface area (Å²) in [5.41, 5.74) is 2.69. The number of piperazine rings is 1. The number of nitrogens with zero attached hydrogens (tertiary/aromatic N) is 3. The number of fused-ring (bicyclic) bond motifs is 1. The normalized spacial score (nSPS) is 18.1. The molecule has 1 aromatic heterocycles. The Balaban J connectivity index is 1.21. The number of hydrogen-bond donors (Lipinski definition) is 1. The molecule has 2 aliphatic rings. The van der Waals surface area contributed by atoms with Crippen molar-refractivity contribution < 1.29 is 14.3 Å². The van der Waals surface area contributed by atoms with Crippen LogP contribution >= 0.6 is 11.3 Å². The van der Waals surface area contributed by atoms with Gasteiger partial charge < -0.3 is 9.64 Å². The number of rotatable bonds is 6. The van der Waals surface area contributed by atoms with E-state index in [9.17, 15) is 9.59 Å². The van der Waals surface area contributed by atoms with Crippen LogP contribution in [-0.4, -0.2) is 59.9 Å². The number of benzene rings is 2. The monoisotopic (exact) mass is 490 g/mol. The van der Waals surface area contributed by atoms with Gasteiger partial charge in [0, 0.05) is 43.2 Å². The number of aromatic nitrogens is 1. The number of methoxy groups -OCH3 is 1. The highest BCUT2D eigenvalue weighted by atomic mass is 32.1. The Labute approximate surface area is 209 Å². The summed E-state index contributed by atoms with van der Waals surface area (Å²) in [6.45, 7) is 4.14. The molecule has 1 aliphatic carbocycles. The Kier molecular flexibility index (Phi) is 7.11. The maximum Gasteiger partial charge on any atom is 0.257 e. The van der Waals surface area contributed by atoms with Crippen LogP contribution in [0.25, 0.3) is 0 Å². The minimum atomic E-state index is -0.220. The number of aryl methyl sites for hydroxylation is 1. The predicted octanol–water partition coefficient (Wildman–Crippen LogP) is 4.17. The summed E-state index contributed by atoms with van der Waals surface area (Å²) in [4.78, 5) is 36.4. The number of amides is 2. The highest BCUT2D eigenvalue weighted by Crippen LogP contribution is 2.38. The van der Waals surface area contributed by atoms with E-state index in [2.05, 4.69) is 34.5 Å². The van der Waals surface area contributed by atoms with Gasteiger partial charge in [-0.3, -0.25) is 19.8 Å². The van der Waals surface area contributed by atoms with Gasteiger partial charge in [-0.1, -0.05) is 30.3 Å². The minimum absolute atomic E-state index is 0.170. The Morgan fingerprint density at radius 1 is 1.06 bits per heavy atom. The lowest BCUT2D eigenvalue weighted by atomic mass is 9.89. The van der Waals surface area contributed by atoms with Crippen molar-refractivity contribution in [3.05, 3.63) is 76.3 Å². The van der Waals surface area contributed by atoms with Gasteiger partial charge >= 0.3 is 0 Å². The topological polar surface area (TPSA) is 74.8 Å². The molecular weight excluding hydrogens is 460 g/mol. The second-order valence-corrected chi connectivity index (χ2v) is 10.1. The molecule has 1 aliphatic heterocycles. The largest absolute Gasteiger partial charge is 0.497 e. The molecule has 1 unspecified atom stereocenters. The number of carbonyl (C=O) groups is 2. The molecule has 7 nitrogen and oxygen atoms in total. The molecule has 1 saturated heterocycles. The number of carbonyl (C=O) groups excluding carboxylic acids is 2. The fourth-order valence-corrected chi connectivity index (χ4v) is 5.87. The summed E-state index contributed by atoms with van der Waals surface area (Å²) in [6.07, 6.45) is 2.68. The van der Waals surface area contributed by atoms with Crippen LogP contribution in [0.5, 0.6) is 5.75 Å². The first-order valence-electron chi connectivity index (χ1n) is 12.1. The van der Waals surface area contributed by atoms with Gasteiger partial charge in [0.05, 0.1) is 18.7 Å². The van der Waals surface area contributed by atoms with Crippen LogP contribution in [-0.2, 0) is 17.8 Å². The Bertz CT molecular complexity index is 1170. The average molecular weight is 491 g/mol. The molecule has 8 heteroatoms. The molecule has 3 aromatic rings. The quantitative estimate of drug-likeness (QED) is 0.561. The van der Waals surface area contributed by atoms with Gasteiger partial charge in [-0.15, -0.1) is 11.3 Å². The average Bonchev–Trinajstić information content (AvgIpc) is 3.32. The van der Waals surface area contributed by atoms with E-state index < -0.39 is 0 Å². The maximum absolute atomic E-state index is 13.5. The molecule has 1 fully saturated rings. The predicted molar refractivity (Wildman–Crippen MR) is 137 cm³/mol. The third kappa shape index (κ3) is 5.39. The zero-order chi connectivity index (χ0) is 24.2. The summed E-state index contributed by atoms with van der Waals surface area (Å²) in [5.74, 6) is 0.440. The van der Waals surface area contributed by atoms with E-state index in [0.717, 1.165) is 62.6 Å². The first-order valence-corrected chi connectivity index (χ1v) is 12.9. The summed E-state index contributed by atoms with van der Waals surface area (Å²) < 4.78 is 5.16. The van der Waals surface area contributed by atoms with Crippen LogP contribution in [0.3, 0.4) is 0 Å². The molecule has 0 radical (unpaired) electrons. The molecular formula is C27H30N4O3S. The number of thiazole rings is 1. The number of anilines is 1. The van der Waals surface area contributed by atoms with Gasteiger partial charge in [0.25, 0.3) is 5.91 Å². The summed E-state index contributed by atoms with van der Waals surface area (Å²) in [5, 5.41) is 3.48. The van der Waals surface area contributed by atoms with E-state index in [1.165, 1.54) is 16.9 Å². The smallest absolute Gasteiger partial charge is 0.257 e. The van der Waals surface area contributed by atoms with E-state index >= 15 is 0 Å². The lowest BCUT2D eigenvalue weighted by Gasteiger charge is -2.37. The van der Waals surface area contributed by atoms with Crippen LogP contribution in [0.2, 0.25) is 0 Å². The molecule has 0 spiro atoms. The van der Waals surface area contributed by atoms with Crippen molar-refractivity contribution in [2.45, 2.75) is 31.7 Å². The molecule has 182 valence electrons. The molecule has 0 bridgehead atoms. The van der Waals surface area contributed by atoms with Gasteiger partial charge in [-0.05, 0) is 49.1 Å². The van der Waals surface area contributed by atoms with Crippen molar-refractivity contribution in [3.63, 3.8) is 0 Å². The van der Waals surface area contributed by atoms with Gasteiger partial charge in [0.1, 0.15) is 5.75 Å². The highest BCUT2D eigenvalue weighted by Gasteiger charge is 2.34. The zero-order valence-corrected chi connectivity index (χ0v) is 20.7. The molecule has 2 amide bonds. The molecule has 2 heterocycles. The number of nitrogens with one attached hydrogen (secondary N) is 1. The van der Waals surface area contributed by atoms with Crippen molar-refractivity contribution in [3.8, 4) is 5.75 Å². The fraction of sp³-hybridized carbons (Fsp3) is 0.370. The van der Waals surface area contributed by atoms with Gasteiger partial charge in [-0.2, -0.15) is 0 Å². The van der Waals surface area contributed by atoms with Crippen molar-refractivity contribution in [2.75, 3.05) is 38.6 Å². The minimum Gasteiger partial charge on any atom is -0.497 e. The van der Waals surface area contributed by atoms with Crippen molar-refractivity contribution in [2.24, 2.45) is 0 Å². The van der Waals surface area contributed by atoms with E-state index in [-0.39, 0.29) is 17.7 Å². The number of hydrogen-bond acceptors (Lipinski definition) is 6. The summed E-state index contributed by atoms with van der Waals surface area (Å²) in [7, 11) is 1.59. The highest BCUT2D eigenvalue weighted by molar-refractivity contribution is 7.16. The van der Waals surface area contributed by atoms with Crippen LogP contribution in [0.4, 0.5) is 5.13 Å². The third-order valence-corrected chi connectivity index (χ3v) is 7.80. The first kappa shape index (κ1) is 23.5. The van der Waals surface area contributed by atoms with Gasteiger partial charge in [0.2, 0.25) is 5.91 Å². The Morgan fingerprint density at radius 2 is 1.80 bits per heavy atom. The first-order chi connectivity index (χ1) is 17.1. The molecule has 0 saturated carbocycles. The van der Waals surface area contributed by atoms with E-state index in [1.54, 1.807) is 31.4 Å². The van der Waals surface area contributed by atoms with E-state index in [4.69, 9.17) is 9.72 Å². The molecule has 2 aromatic carbocycles. The van der Waals surface area contributed by atoms with Crippen molar-refractivity contribution >= 4 is 28.3 Å². The third-order valence-electron chi connectivity index (χ3n) is 6.76. The van der Waals surface area contributed by atoms with E-state index in [1.807, 2.05) is 11.0 Å².